The molecule has 0 saturated heterocycles. The van der Waals surface area contributed by atoms with Crippen molar-refractivity contribution in [3.8, 4) is 17.1 Å². The average molecular weight is 531 g/mol. The van der Waals surface area contributed by atoms with E-state index in [2.05, 4.69) is 23.8 Å². The molecular weight excluding hydrogens is 478 g/mol. The molecule has 0 saturated carbocycles. The molecule has 0 fully saturated rings. The highest BCUT2D eigenvalue weighted by Gasteiger charge is 2.30. The molecule has 2 aromatic rings. The Hall–Kier alpha value is -2.04. The van der Waals surface area contributed by atoms with Gasteiger partial charge in [-0.1, -0.05) is 117 Å². The molecule has 0 atom stereocenters. The van der Waals surface area contributed by atoms with Gasteiger partial charge in [0.2, 0.25) is 0 Å². The first-order chi connectivity index (χ1) is 18.5. The van der Waals surface area contributed by atoms with Crippen molar-refractivity contribution in [1.29, 1.82) is 0 Å². The maximum atomic E-state index is 14.3. The van der Waals surface area contributed by atoms with E-state index in [4.69, 9.17) is 4.74 Å². The van der Waals surface area contributed by atoms with Gasteiger partial charge in [-0.2, -0.15) is 8.78 Å². The Morgan fingerprint density at radius 3 is 1.55 bits per heavy atom. The number of ether oxygens (including phenoxy) is 1. The number of hydrogen-bond donors (Lipinski definition) is 0. The highest BCUT2D eigenvalue weighted by Crippen LogP contribution is 2.28. The number of nitrogens with zero attached hydrogens (tertiary/aromatic N) is 2. The molecule has 1 heterocycles. The Bertz CT molecular complexity index is 824. The molecule has 0 aliphatic rings. The van der Waals surface area contributed by atoms with Crippen molar-refractivity contribution in [3.63, 3.8) is 0 Å². The van der Waals surface area contributed by atoms with Crippen molar-refractivity contribution in [2.75, 3.05) is 0 Å². The van der Waals surface area contributed by atoms with Crippen LogP contribution in [0.3, 0.4) is 0 Å². The first-order valence-corrected chi connectivity index (χ1v) is 15.5. The second kappa shape index (κ2) is 19.9. The van der Waals surface area contributed by atoms with Crippen molar-refractivity contribution < 1.29 is 13.5 Å². The summed E-state index contributed by atoms with van der Waals surface area (Å²) >= 11 is 0. The van der Waals surface area contributed by atoms with Crippen LogP contribution in [0.25, 0.3) is 11.4 Å². The number of halogens is 2. The number of benzene rings is 1. The van der Waals surface area contributed by atoms with Gasteiger partial charge in [-0.25, -0.2) is 9.97 Å². The number of aryl methyl sites for hydroxylation is 1. The minimum absolute atomic E-state index is 0.177. The molecular formula is C33H52F2N2O. The largest absolute Gasteiger partial charge is 0.433 e. The third kappa shape index (κ3) is 14.8. The predicted octanol–water partition coefficient (Wildman–Crippen LogP) is 11.1. The summed E-state index contributed by atoms with van der Waals surface area (Å²) in [6.45, 7) is 4.47. The minimum Gasteiger partial charge on any atom is -0.433 e. The number of unbranched alkanes of at least 4 members (excludes halogenated alkanes) is 16. The molecule has 1 aromatic carbocycles. The summed E-state index contributed by atoms with van der Waals surface area (Å²) in [5.41, 5.74) is 1.95. The number of aromatic nitrogens is 2. The monoisotopic (exact) mass is 530 g/mol. The van der Waals surface area contributed by atoms with Gasteiger partial charge in [-0.15, -0.1) is 0 Å². The first kappa shape index (κ1) is 32.2. The molecule has 0 radical (unpaired) electrons. The van der Waals surface area contributed by atoms with Gasteiger partial charge < -0.3 is 4.74 Å². The molecule has 3 nitrogen and oxygen atoms in total. The van der Waals surface area contributed by atoms with E-state index in [0.717, 1.165) is 43.2 Å². The lowest BCUT2D eigenvalue weighted by atomic mass is 10.1. The van der Waals surface area contributed by atoms with E-state index in [1.54, 1.807) is 24.3 Å². The van der Waals surface area contributed by atoms with Crippen LogP contribution in [0.2, 0.25) is 0 Å². The standard InChI is InChI=1S/C33H52F2N2O/c1-3-5-7-9-11-13-15-17-19-21-29-27-36-32(37-28-29)30-22-24-31(25-23-30)38-33(34,35)26-20-18-16-14-12-10-8-6-4-2/h22-25,27-28H,3-21,26H2,1-2H3. The van der Waals surface area contributed by atoms with E-state index in [-0.39, 0.29) is 12.2 Å². The lowest BCUT2D eigenvalue weighted by molar-refractivity contribution is -0.181. The van der Waals surface area contributed by atoms with Crippen molar-refractivity contribution in [1.82, 2.24) is 9.97 Å². The fourth-order valence-electron chi connectivity index (χ4n) is 4.81. The Morgan fingerprint density at radius 2 is 1.05 bits per heavy atom. The van der Waals surface area contributed by atoms with Gasteiger partial charge in [-0.05, 0) is 49.1 Å². The van der Waals surface area contributed by atoms with Crippen LogP contribution < -0.4 is 4.74 Å². The molecule has 1 aromatic heterocycles. The Labute approximate surface area is 231 Å². The topological polar surface area (TPSA) is 35.0 Å². The van der Waals surface area contributed by atoms with Crippen LogP contribution in [0.4, 0.5) is 8.78 Å². The number of alkyl halides is 2. The second-order valence-corrected chi connectivity index (χ2v) is 10.8. The van der Waals surface area contributed by atoms with Gasteiger partial charge in [0, 0.05) is 18.0 Å². The Balaban J connectivity index is 1.63. The Morgan fingerprint density at radius 1 is 0.605 bits per heavy atom. The van der Waals surface area contributed by atoms with Crippen LogP contribution in [0.1, 0.15) is 141 Å². The zero-order valence-corrected chi connectivity index (χ0v) is 24.2. The summed E-state index contributed by atoms with van der Waals surface area (Å²) in [6.07, 6.45) is 23.0. The number of rotatable bonds is 23. The highest BCUT2D eigenvalue weighted by molar-refractivity contribution is 5.55. The zero-order chi connectivity index (χ0) is 27.3. The van der Waals surface area contributed by atoms with Crippen molar-refractivity contribution >= 4 is 0 Å². The van der Waals surface area contributed by atoms with Gasteiger partial charge in [0.25, 0.3) is 0 Å². The fourth-order valence-corrected chi connectivity index (χ4v) is 4.81. The van der Waals surface area contributed by atoms with Gasteiger partial charge in [0.1, 0.15) is 5.75 Å². The predicted molar refractivity (Wildman–Crippen MR) is 156 cm³/mol. The summed E-state index contributed by atoms with van der Waals surface area (Å²) in [6, 6.07) is 6.66. The van der Waals surface area contributed by atoms with Crippen LogP contribution in [0, 0.1) is 0 Å². The Kier molecular flexibility index (Phi) is 16.9. The third-order valence-electron chi connectivity index (χ3n) is 7.23. The molecule has 0 spiro atoms. The summed E-state index contributed by atoms with van der Waals surface area (Å²) < 4.78 is 33.6. The molecule has 0 aliphatic heterocycles. The number of hydrogen-bond acceptors (Lipinski definition) is 3. The van der Waals surface area contributed by atoms with E-state index in [9.17, 15) is 8.78 Å². The lowest BCUT2D eigenvalue weighted by Gasteiger charge is -2.18. The molecule has 0 N–H and O–H groups in total. The van der Waals surface area contributed by atoms with Crippen LogP contribution in [0.15, 0.2) is 36.7 Å². The maximum absolute atomic E-state index is 14.3. The van der Waals surface area contributed by atoms with Gasteiger partial charge in [0.05, 0.1) is 6.42 Å². The molecule has 5 heteroatoms. The summed E-state index contributed by atoms with van der Waals surface area (Å²) in [4.78, 5) is 8.99. The van der Waals surface area contributed by atoms with Crippen molar-refractivity contribution in [2.45, 2.75) is 148 Å². The molecule has 0 bridgehead atoms. The molecule has 2 rings (SSSR count). The lowest BCUT2D eigenvalue weighted by Crippen LogP contribution is -2.24. The zero-order valence-electron chi connectivity index (χ0n) is 24.2. The molecule has 214 valence electrons. The molecule has 0 aliphatic carbocycles. The van der Waals surface area contributed by atoms with Crippen LogP contribution in [-0.2, 0) is 6.42 Å². The first-order valence-electron chi connectivity index (χ1n) is 15.5. The van der Waals surface area contributed by atoms with E-state index < -0.39 is 6.11 Å². The molecule has 38 heavy (non-hydrogen) atoms. The SMILES string of the molecule is CCCCCCCCCCCc1cnc(-c2ccc(OC(F)(F)CCCCCCCCCCC)cc2)nc1. The van der Waals surface area contributed by atoms with Crippen LogP contribution >= 0.6 is 0 Å². The van der Waals surface area contributed by atoms with Gasteiger partial charge >= 0.3 is 6.11 Å². The van der Waals surface area contributed by atoms with Crippen LogP contribution in [-0.4, -0.2) is 16.1 Å². The van der Waals surface area contributed by atoms with E-state index in [0.29, 0.717) is 12.2 Å². The van der Waals surface area contributed by atoms with Crippen molar-refractivity contribution in [2.24, 2.45) is 0 Å². The molecule has 0 amide bonds. The van der Waals surface area contributed by atoms with E-state index in [1.165, 1.54) is 83.5 Å². The second-order valence-electron chi connectivity index (χ2n) is 10.8. The fraction of sp³-hybridized carbons (Fsp3) is 0.697. The third-order valence-corrected chi connectivity index (χ3v) is 7.23. The minimum atomic E-state index is -3.14. The van der Waals surface area contributed by atoms with Gasteiger partial charge in [0.15, 0.2) is 5.82 Å². The normalized spacial score (nSPS) is 11.7. The smallest absolute Gasteiger partial charge is 0.397 e. The average Bonchev–Trinajstić information content (AvgIpc) is 2.92. The van der Waals surface area contributed by atoms with E-state index in [1.807, 2.05) is 12.4 Å². The summed E-state index contributed by atoms with van der Waals surface area (Å²) in [7, 11) is 0. The quantitative estimate of drug-likeness (QED) is 0.134. The van der Waals surface area contributed by atoms with E-state index >= 15 is 0 Å². The molecule has 0 unspecified atom stereocenters. The van der Waals surface area contributed by atoms with Gasteiger partial charge in [-0.3, -0.25) is 0 Å². The maximum Gasteiger partial charge on any atom is 0.397 e. The highest BCUT2D eigenvalue weighted by atomic mass is 19.3. The summed E-state index contributed by atoms with van der Waals surface area (Å²) in [5, 5.41) is 0. The summed E-state index contributed by atoms with van der Waals surface area (Å²) in [5.74, 6) is 0.783. The van der Waals surface area contributed by atoms with Crippen LogP contribution in [0.5, 0.6) is 5.75 Å². The van der Waals surface area contributed by atoms with Crippen molar-refractivity contribution in [3.05, 3.63) is 42.2 Å².